The summed E-state index contributed by atoms with van der Waals surface area (Å²) in [7, 11) is 1.67. The zero-order valence-electron chi connectivity index (χ0n) is 9.93. The highest BCUT2D eigenvalue weighted by Gasteiger charge is 2.14. The van der Waals surface area contributed by atoms with Crippen molar-refractivity contribution in [3.05, 3.63) is 0 Å². The van der Waals surface area contributed by atoms with Gasteiger partial charge in [-0.05, 0) is 5.92 Å². The fourth-order valence-electron chi connectivity index (χ4n) is 1.20. The number of hydrogen-bond acceptors (Lipinski definition) is 3. The van der Waals surface area contributed by atoms with Gasteiger partial charge in [-0.15, -0.1) is 0 Å². The van der Waals surface area contributed by atoms with Crippen LogP contribution in [-0.4, -0.2) is 53.4 Å². The largest absolute Gasteiger partial charge is 0.479 e. The smallest absolute Gasteiger partial charge is 0.332 e. The molecule has 3 N–H and O–H groups in total. The van der Waals surface area contributed by atoms with Gasteiger partial charge in [0.05, 0.1) is 0 Å². The van der Waals surface area contributed by atoms with E-state index >= 15 is 0 Å². The Morgan fingerprint density at radius 3 is 2.38 bits per heavy atom. The SMILES string of the molecule is CC(C)CN(C)C(=O)NCC[C@H](O)C(=O)O. The highest BCUT2D eigenvalue weighted by molar-refractivity contribution is 5.74. The molecular weight excluding hydrogens is 212 g/mol. The van der Waals surface area contributed by atoms with Crippen LogP contribution < -0.4 is 5.32 Å². The summed E-state index contributed by atoms with van der Waals surface area (Å²) in [6, 6.07) is -0.258. The Kier molecular flexibility index (Phi) is 6.48. The van der Waals surface area contributed by atoms with Crippen LogP contribution in [0.3, 0.4) is 0 Å². The van der Waals surface area contributed by atoms with Crippen molar-refractivity contribution in [3.63, 3.8) is 0 Å². The van der Waals surface area contributed by atoms with Crippen LogP contribution in [-0.2, 0) is 4.79 Å². The molecule has 16 heavy (non-hydrogen) atoms. The molecule has 1 atom stereocenters. The number of aliphatic carboxylic acids is 1. The first-order chi connectivity index (χ1) is 7.34. The molecule has 0 aliphatic heterocycles. The van der Waals surface area contributed by atoms with Crippen LogP contribution >= 0.6 is 0 Å². The van der Waals surface area contributed by atoms with Gasteiger partial charge in [-0.3, -0.25) is 0 Å². The Morgan fingerprint density at radius 1 is 1.38 bits per heavy atom. The van der Waals surface area contributed by atoms with Crippen molar-refractivity contribution in [1.29, 1.82) is 0 Å². The number of nitrogens with zero attached hydrogens (tertiary/aromatic N) is 1. The fraction of sp³-hybridized carbons (Fsp3) is 0.800. The van der Waals surface area contributed by atoms with E-state index in [0.29, 0.717) is 12.5 Å². The third-order valence-electron chi connectivity index (χ3n) is 1.96. The number of aliphatic hydroxyl groups excluding tert-OH is 1. The van der Waals surface area contributed by atoms with Gasteiger partial charge in [0.25, 0.3) is 0 Å². The van der Waals surface area contributed by atoms with Gasteiger partial charge < -0.3 is 20.4 Å². The van der Waals surface area contributed by atoms with Gasteiger partial charge in [0, 0.05) is 26.6 Å². The lowest BCUT2D eigenvalue weighted by Crippen LogP contribution is -2.40. The van der Waals surface area contributed by atoms with Crippen LogP contribution in [0.4, 0.5) is 4.79 Å². The third kappa shape index (κ3) is 6.23. The summed E-state index contributed by atoms with van der Waals surface area (Å²) < 4.78 is 0. The highest BCUT2D eigenvalue weighted by atomic mass is 16.4. The first-order valence-electron chi connectivity index (χ1n) is 5.24. The lowest BCUT2D eigenvalue weighted by Gasteiger charge is -2.20. The molecule has 0 aromatic rings. The number of nitrogens with one attached hydrogen (secondary N) is 1. The Bertz CT molecular complexity index is 243. The van der Waals surface area contributed by atoms with E-state index in [2.05, 4.69) is 5.32 Å². The highest BCUT2D eigenvalue weighted by Crippen LogP contribution is 1.96. The second kappa shape index (κ2) is 7.05. The van der Waals surface area contributed by atoms with Crippen LogP contribution in [0.2, 0.25) is 0 Å². The van der Waals surface area contributed by atoms with E-state index < -0.39 is 12.1 Å². The maximum Gasteiger partial charge on any atom is 0.332 e. The molecule has 0 radical (unpaired) electrons. The summed E-state index contributed by atoms with van der Waals surface area (Å²) in [5, 5.41) is 19.9. The van der Waals surface area contributed by atoms with Gasteiger partial charge in [0.15, 0.2) is 6.10 Å². The quantitative estimate of drug-likeness (QED) is 0.606. The molecule has 0 aliphatic rings. The van der Waals surface area contributed by atoms with Crippen molar-refractivity contribution in [3.8, 4) is 0 Å². The topological polar surface area (TPSA) is 89.9 Å². The van der Waals surface area contributed by atoms with Crippen LogP contribution in [0.15, 0.2) is 0 Å². The standard InChI is InChI=1S/C10H20N2O4/c1-7(2)6-12(3)10(16)11-5-4-8(13)9(14)15/h7-8,13H,4-6H2,1-3H3,(H,11,16)(H,14,15)/t8-/m0/s1. The summed E-state index contributed by atoms with van der Waals surface area (Å²) >= 11 is 0. The van der Waals surface area contributed by atoms with E-state index in [4.69, 9.17) is 10.2 Å². The average molecular weight is 232 g/mol. The second-order valence-corrected chi connectivity index (χ2v) is 4.15. The molecule has 0 saturated carbocycles. The number of carbonyl (C=O) groups excluding carboxylic acids is 1. The first-order valence-corrected chi connectivity index (χ1v) is 5.24. The monoisotopic (exact) mass is 232 g/mol. The van der Waals surface area contributed by atoms with Crippen molar-refractivity contribution >= 4 is 12.0 Å². The zero-order chi connectivity index (χ0) is 12.7. The lowest BCUT2D eigenvalue weighted by molar-refractivity contribution is -0.146. The predicted molar refractivity (Wildman–Crippen MR) is 59.1 cm³/mol. The molecule has 0 fully saturated rings. The van der Waals surface area contributed by atoms with E-state index in [1.807, 2.05) is 13.8 Å². The first kappa shape index (κ1) is 14.7. The summed E-state index contributed by atoms with van der Waals surface area (Å²) in [5.41, 5.74) is 0. The Labute approximate surface area is 95.2 Å². The number of amides is 2. The van der Waals surface area contributed by atoms with E-state index in [1.54, 1.807) is 7.05 Å². The maximum atomic E-state index is 11.4. The van der Waals surface area contributed by atoms with Crippen LogP contribution in [0, 0.1) is 5.92 Å². The Balaban J connectivity index is 3.77. The van der Waals surface area contributed by atoms with E-state index in [0.717, 1.165) is 0 Å². The van der Waals surface area contributed by atoms with E-state index in [-0.39, 0.29) is 19.0 Å². The van der Waals surface area contributed by atoms with Gasteiger partial charge in [-0.1, -0.05) is 13.8 Å². The normalized spacial score (nSPS) is 12.3. The Morgan fingerprint density at radius 2 is 1.94 bits per heavy atom. The molecule has 0 unspecified atom stereocenters. The van der Waals surface area contributed by atoms with Crippen molar-refractivity contribution < 1.29 is 19.8 Å². The summed E-state index contributed by atoms with van der Waals surface area (Å²) in [5.74, 6) is -0.898. The minimum Gasteiger partial charge on any atom is -0.479 e. The third-order valence-corrected chi connectivity index (χ3v) is 1.96. The fourth-order valence-corrected chi connectivity index (χ4v) is 1.20. The molecule has 6 heteroatoms. The minimum atomic E-state index is -1.42. The van der Waals surface area contributed by atoms with E-state index in [9.17, 15) is 9.59 Å². The zero-order valence-corrected chi connectivity index (χ0v) is 9.93. The van der Waals surface area contributed by atoms with Crippen molar-refractivity contribution in [2.45, 2.75) is 26.4 Å². The molecule has 6 nitrogen and oxygen atoms in total. The van der Waals surface area contributed by atoms with Crippen LogP contribution in [0.5, 0.6) is 0 Å². The second-order valence-electron chi connectivity index (χ2n) is 4.15. The molecule has 0 saturated heterocycles. The molecule has 0 rings (SSSR count). The summed E-state index contributed by atoms with van der Waals surface area (Å²) in [4.78, 5) is 23.2. The summed E-state index contributed by atoms with van der Waals surface area (Å²) in [6.07, 6.45) is -1.41. The van der Waals surface area contributed by atoms with Gasteiger partial charge in [-0.2, -0.15) is 0 Å². The lowest BCUT2D eigenvalue weighted by atomic mass is 10.2. The van der Waals surface area contributed by atoms with E-state index in [1.165, 1.54) is 4.90 Å². The molecule has 0 spiro atoms. The molecule has 0 bridgehead atoms. The van der Waals surface area contributed by atoms with Gasteiger partial charge in [0.2, 0.25) is 0 Å². The van der Waals surface area contributed by atoms with Crippen molar-refractivity contribution in [2.75, 3.05) is 20.1 Å². The number of carboxylic acids is 1. The maximum absolute atomic E-state index is 11.4. The number of rotatable bonds is 6. The number of urea groups is 1. The number of hydrogen-bond donors (Lipinski definition) is 3. The van der Waals surface area contributed by atoms with Crippen molar-refractivity contribution in [1.82, 2.24) is 10.2 Å². The Hall–Kier alpha value is -1.30. The van der Waals surface area contributed by atoms with Gasteiger partial charge in [0.1, 0.15) is 0 Å². The molecule has 0 aromatic heterocycles. The molecule has 0 aromatic carbocycles. The van der Waals surface area contributed by atoms with Crippen LogP contribution in [0.1, 0.15) is 20.3 Å². The van der Waals surface area contributed by atoms with Crippen LogP contribution in [0.25, 0.3) is 0 Å². The number of carboxylic acid groups (broad SMARTS) is 1. The molecule has 0 heterocycles. The number of carbonyl (C=O) groups is 2. The molecule has 2 amide bonds. The summed E-state index contributed by atoms with van der Waals surface area (Å²) in [6.45, 7) is 4.78. The van der Waals surface area contributed by atoms with Crippen molar-refractivity contribution in [2.24, 2.45) is 5.92 Å². The molecule has 94 valence electrons. The minimum absolute atomic E-state index is 0.0105. The average Bonchev–Trinajstić information content (AvgIpc) is 2.15. The predicted octanol–water partition coefficient (Wildman–Crippen LogP) is 0.119. The molecule has 0 aliphatic carbocycles. The van der Waals surface area contributed by atoms with Gasteiger partial charge in [-0.25, -0.2) is 9.59 Å². The number of aliphatic hydroxyl groups is 1. The molecular formula is C10H20N2O4. The van der Waals surface area contributed by atoms with Gasteiger partial charge >= 0.3 is 12.0 Å².